The second kappa shape index (κ2) is 11.8. The van der Waals surface area contributed by atoms with Gasteiger partial charge in [-0.25, -0.2) is 0 Å². The molecule has 0 aliphatic rings. The van der Waals surface area contributed by atoms with Gasteiger partial charge in [-0.1, -0.05) is 56.6 Å². The fraction of sp³-hybridized carbons (Fsp3) is 0.385. The molecule has 0 fully saturated rings. The molecule has 0 bridgehead atoms. The lowest BCUT2D eigenvalue weighted by atomic mass is 10.00. The van der Waals surface area contributed by atoms with Gasteiger partial charge < -0.3 is 9.30 Å². The Balaban J connectivity index is 1.57. The van der Waals surface area contributed by atoms with Gasteiger partial charge in [-0.15, -0.1) is 0 Å². The van der Waals surface area contributed by atoms with Crippen LogP contribution < -0.4 is 10.3 Å². The van der Waals surface area contributed by atoms with E-state index in [4.69, 9.17) is 16.3 Å². The maximum atomic E-state index is 12.5. The molecule has 170 valence electrons. The molecule has 0 aliphatic carbocycles. The zero-order valence-corrected chi connectivity index (χ0v) is 19.9. The van der Waals surface area contributed by atoms with E-state index in [2.05, 4.69) is 54.9 Å². The largest absolute Gasteiger partial charge is 0.487 e. The Labute approximate surface area is 195 Å². The highest BCUT2D eigenvalue weighted by atomic mass is 35.5. The summed E-state index contributed by atoms with van der Waals surface area (Å²) in [5.74, 6) is 0.536. The third kappa shape index (κ3) is 6.44. The summed E-state index contributed by atoms with van der Waals surface area (Å²) < 4.78 is 7.41. The van der Waals surface area contributed by atoms with E-state index >= 15 is 0 Å². The highest BCUT2D eigenvalue weighted by Gasteiger charge is 2.15. The normalized spacial score (nSPS) is 12.2. The number of halogens is 1. The number of ether oxygens (including phenoxy) is 1. The van der Waals surface area contributed by atoms with Crippen molar-refractivity contribution < 1.29 is 4.74 Å². The third-order valence-corrected chi connectivity index (χ3v) is 6.01. The summed E-state index contributed by atoms with van der Waals surface area (Å²) in [6, 6.07) is 16.2. The Kier molecular flexibility index (Phi) is 8.89. The summed E-state index contributed by atoms with van der Waals surface area (Å²) in [5.41, 5.74) is 3.27. The molecule has 5 nitrogen and oxygen atoms in total. The van der Waals surface area contributed by atoms with Crippen molar-refractivity contribution >= 4 is 11.6 Å². The molecule has 1 unspecified atom stereocenters. The van der Waals surface area contributed by atoms with Crippen molar-refractivity contribution in [1.82, 2.24) is 14.5 Å². The van der Waals surface area contributed by atoms with Crippen molar-refractivity contribution in [2.75, 3.05) is 13.1 Å². The Morgan fingerprint density at radius 2 is 1.81 bits per heavy atom. The van der Waals surface area contributed by atoms with Crippen molar-refractivity contribution in [3.63, 3.8) is 0 Å². The van der Waals surface area contributed by atoms with Gasteiger partial charge in [0.25, 0.3) is 5.56 Å². The Bertz CT molecular complexity index is 1030. The van der Waals surface area contributed by atoms with E-state index in [0.717, 1.165) is 31.6 Å². The maximum Gasteiger partial charge on any atom is 0.254 e. The molecule has 0 saturated heterocycles. The summed E-state index contributed by atoms with van der Waals surface area (Å²) in [4.78, 5) is 19.2. The van der Waals surface area contributed by atoms with Gasteiger partial charge in [0.15, 0.2) is 0 Å². The van der Waals surface area contributed by atoms with Gasteiger partial charge in [-0.2, -0.15) is 0 Å². The summed E-state index contributed by atoms with van der Waals surface area (Å²) >= 11 is 5.84. The molecule has 2 aromatic heterocycles. The smallest absolute Gasteiger partial charge is 0.254 e. The summed E-state index contributed by atoms with van der Waals surface area (Å²) in [5, 5.41) is 0.583. The molecule has 0 N–H and O–H groups in total. The highest BCUT2D eigenvalue weighted by Crippen LogP contribution is 2.24. The molecule has 0 amide bonds. The van der Waals surface area contributed by atoms with Crippen LogP contribution in [0.15, 0.2) is 65.7 Å². The van der Waals surface area contributed by atoms with Crippen molar-refractivity contribution in [1.29, 1.82) is 0 Å². The second-order valence-electron chi connectivity index (χ2n) is 7.79. The van der Waals surface area contributed by atoms with E-state index < -0.39 is 0 Å². The number of nitrogens with zero attached hydrogens (tertiary/aromatic N) is 3. The molecule has 32 heavy (non-hydrogen) atoms. The summed E-state index contributed by atoms with van der Waals surface area (Å²) in [6.45, 7) is 9.68. The topological polar surface area (TPSA) is 47.4 Å². The average molecular weight is 454 g/mol. The van der Waals surface area contributed by atoms with Crippen molar-refractivity contribution in [2.45, 2.75) is 52.8 Å². The zero-order chi connectivity index (χ0) is 22.9. The molecule has 2 heterocycles. The SMILES string of the molecule is CCC(c1ccc(CCn2ccc(OCc3ccc(Cl)cn3)cc2=O)cc1)N(CC)CC. The maximum absolute atomic E-state index is 12.5. The number of rotatable bonds is 11. The van der Waals surface area contributed by atoms with Gasteiger partial charge in [-0.3, -0.25) is 14.7 Å². The molecular weight excluding hydrogens is 422 g/mol. The molecule has 1 atom stereocenters. The highest BCUT2D eigenvalue weighted by molar-refractivity contribution is 6.30. The van der Waals surface area contributed by atoms with Crippen LogP contribution in [0.3, 0.4) is 0 Å². The van der Waals surface area contributed by atoms with Crippen molar-refractivity contribution in [3.05, 3.63) is 93.1 Å². The van der Waals surface area contributed by atoms with Gasteiger partial charge in [-0.05, 0) is 55.3 Å². The fourth-order valence-electron chi connectivity index (χ4n) is 3.94. The molecule has 0 aliphatic heterocycles. The van der Waals surface area contributed by atoms with Gasteiger partial charge in [0.2, 0.25) is 0 Å². The molecule has 1 aromatic carbocycles. The lowest BCUT2D eigenvalue weighted by Crippen LogP contribution is -2.28. The van der Waals surface area contributed by atoms with Gasteiger partial charge >= 0.3 is 0 Å². The van der Waals surface area contributed by atoms with Crippen LogP contribution in [0.5, 0.6) is 5.75 Å². The molecule has 0 spiro atoms. The van der Waals surface area contributed by atoms with Gasteiger partial charge in [0, 0.05) is 31.0 Å². The quantitative estimate of drug-likeness (QED) is 0.384. The minimum atomic E-state index is -0.0734. The number of hydrogen-bond acceptors (Lipinski definition) is 4. The van der Waals surface area contributed by atoms with Crippen LogP contribution in [-0.2, 0) is 19.6 Å². The van der Waals surface area contributed by atoms with Crippen LogP contribution >= 0.6 is 11.6 Å². The van der Waals surface area contributed by atoms with Crippen molar-refractivity contribution in [3.8, 4) is 5.75 Å². The van der Waals surface area contributed by atoms with Crippen LogP contribution in [0.2, 0.25) is 5.02 Å². The van der Waals surface area contributed by atoms with E-state index in [1.165, 1.54) is 17.2 Å². The monoisotopic (exact) mass is 453 g/mol. The van der Waals surface area contributed by atoms with E-state index in [1.807, 2.05) is 6.07 Å². The summed E-state index contributed by atoms with van der Waals surface area (Å²) in [7, 11) is 0. The van der Waals surface area contributed by atoms with Crippen LogP contribution in [0, 0.1) is 0 Å². The average Bonchev–Trinajstić information content (AvgIpc) is 2.82. The Morgan fingerprint density at radius 3 is 2.41 bits per heavy atom. The number of benzene rings is 1. The molecule has 3 aromatic rings. The first-order chi connectivity index (χ1) is 15.5. The lowest BCUT2D eigenvalue weighted by Gasteiger charge is -2.29. The number of aromatic nitrogens is 2. The molecular formula is C26H32ClN3O2. The number of hydrogen-bond donors (Lipinski definition) is 0. The van der Waals surface area contributed by atoms with E-state index in [0.29, 0.717) is 30.0 Å². The lowest BCUT2D eigenvalue weighted by molar-refractivity contribution is 0.213. The van der Waals surface area contributed by atoms with Crippen molar-refractivity contribution in [2.24, 2.45) is 0 Å². The molecule has 0 radical (unpaired) electrons. The molecule has 3 rings (SSSR count). The van der Waals surface area contributed by atoms with Crippen LogP contribution in [0.4, 0.5) is 0 Å². The minimum absolute atomic E-state index is 0.0734. The van der Waals surface area contributed by atoms with Crippen LogP contribution in [0.1, 0.15) is 50.1 Å². The van der Waals surface area contributed by atoms with Gasteiger partial charge in [0.05, 0.1) is 10.7 Å². The minimum Gasteiger partial charge on any atom is -0.487 e. The zero-order valence-electron chi connectivity index (χ0n) is 19.1. The van der Waals surface area contributed by atoms with Gasteiger partial charge in [0.1, 0.15) is 12.4 Å². The Hall–Kier alpha value is -2.63. The predicted molar refractivity (Wildman–Crippen MR) is 130 cm³/mol. The van der Waals surface area contributed by atoms with E-state index in [-0.39, 0.29) is 5.56 Å². The van der Waals surface area contributed by atoms with E-state index in [9.17, 15) is 4.79 Å². The third-order valence-electron chi connectivity index (χ3n) is 5.79. The number of pyridine rings is 2. The molecule has 6 heteroatoms. The van der Waals surface area contributed by atoms with Crippen LogP contribution in [-0.4, -0.2) is 27.5 Å². The van der Waals surface area contributed by atoms with Crippen LogP contribution in [0.25, 0.3) is 0 Å². The predicted octanol–water partition coefficient (Wildman–Crippen LogP) is 5.51. The first-order valence-corrected chi connectivity index (χ1v) is 11.7. The first kappa shape index (κ1) is 24.0. The second-order valence-corrected chi connectivity index (χ2v) is 8.22. The van der Waals surface area contributed by atoms with E-state index in [1.54, 1.807) is 29.1 Å². The standard InChI is InChI=1S/C26H32ClN3O2/c1-4-25(29(5-2)6-3)21-9-7-20(8-10-21)13-15-30-16-14-24(17-26(30)31)32-19-23-12-11-22(27)18-28-23/h7-12,14,16-18,25H,4-6,13,15,19H2,1-3H3. The Morgan fingerprint density at radius 1 is 1.06 bits per heavy atom. The first-order valence-electron chi connectivity index (χ1n) is 11.3. The summed E-state index contributed by atoms with van der Waals surface area (Å²) in [6.07, 6.45) is 5.27. The molecule has 0 saturated carbocycles. The fourth-order valence-corrected chi connectivity index (χ4v) is 4.05. The number of aryl methyl sites for hydroxylation is 2.